The Bertz CT molecular complexity index is 668. The highest BCUT2D eigenvalue weighted by Crippen LogP contribution is 2.22. The van der Waals surface area contributed by atoms with Crippen molar-refractivity contribution in [2.24, 2.45) is 5.10 Å². The van der Waals surface area contributed by atoms with E-state index in [1.165, 1.54) is 0 Å². The van der Waals surface area contributed by atoms with Gasteiger partial charge in [-0.05, 0) is 24.6 Å². The van der Waals surface area contributed by atoms with Crippen molar-refractivity contribution in [2.45, 2.75) is 6.92 Å². The van der Waals surface area contributed by atoms with Gasteiger partial charge in [-0.25, -0.2) is 0 Å². The largest absolute Gasteiger partial charge is 0.279 e. The predicted molar refractivity (Wildman–Crippen MR) is 61.5 cm³/mol. The fraction of sp³-hybridized carbons (Fsp3) is 0.100. The standard InChI is InChI=1S/C10H9ClN6/c1-5-6(11)3-2-4-7(5)14-15-8-9(12)16-17-10(8)13/h2-4,12-14H,1H3. The van der Waals surface area contributed by atoms with Gasteiger partial charge in [0.1, 0.15) is 0 Å². The van der Waals surface area contributed by atoms with Crippen LogP contribution in [-0.4, -0.2) is 10.2 Å². The van der Waals surface area contributed by atoms with Crippen molar-refractivity contribution in [3.63, 3.8) is 0 Å². The number of rotatable bonds is 2. The van der Waals surface area contributed by atoms with Gasteiger partial charge in [-0.1, -0.05) is 17.7 Å². The monoisotopic (exact) mass is 248 g/mol. The van der Waals surface area contributed by atoms with Crippen molar-refractivity contribution in [2.75, 3.05) is 5.43 Å². The minimum atomic E-state index is -0.123. The molecule has 0 bridgehead atoms. The second-order valence-corrected chi connectivity index (χ2v) is 3.79. The van der Waals surface area contributed by atoms with Gasteiger partial charge in [0.15, 0.2) is 16.3 Å². The molecule has 1 aromatic heterocycles. The summed E-state index contributed by atoms with van der Waals surface area (Å²) in [5, 5.41) is 26.3. The Kier molecular flexibility index (Phi) is 2.97. The van der Waals surface area contributed by atoms with Gasteiger partial charge in [0.25, 0.3) is 0 Å². The molecule has 7 heteroatoms. The summed E-state index contributed by atoms with van der Waals surface area (Å²) >= 11 is 5.96. The van der Waals surface area contributed by atoms with E-state index in [-0.39, 0.29) is 16.3 Å². The minimum Gasteiger partial charge on any atom is -0.279 e. The summed E-state index contributed by atoms with van der Waals surface area (Å²) in [7, 11) is 0. The number of hydrogen-bond donors (Lipinski definition) is 3. The van der Waals surface area contributed by atoms with E-state index in [1.54, 1.807) is 12.1 Å². The number of nitrogens with zero attached hydrogens (tertiary/aromatic N) is 3. The van der Waals surface area contributed by atoms with Crippen LogP contribution in [0.2, 0.25) is 5.02 Å². The third-order valence-electron chi connectivity index (χ3n) is 2.25. The zero-order chi connectivity index (χ0) is 12.4. The summed E-state index contributed by atoms with van der Waals surface area (Å²) in [6, 6.07) is 5.37. The molecule has 0 saturated heterocycles. The molecule has 0 atom stereocenters. The Morgan fingerprint density at radius 1 is 1.24 bits per heavy atom. The molecule has 3 N–H and O–H groups in total. The van der Waals surface area contributed by atoms with Gasteiger partial charge >= 0.3 is 0 Å². The summed E-state index contributed by atoms with van der Waals surface area (Å²) in [4.78, 5) is 0. The second kappa shape index (κ2) is 4.42. The topological polar surface area (TPSA) is 97.9 Å². The fourth-order valence-corrected chi connectivity index (χ4v) is 1.43. The molecule has 0 radical (unpaired) electrons. The zero-order valence-electron chi connectivity index (χ0n) is 8.95. The van der Waals surface area contributed by atoms with Crippen LogP contribution in [0.1, 0.15) is 5.56 Å². The Hall–Kier alpha value is -2.08. The molecule has 0 amide bonds. The van der Waals surface area contributed by atoms with Gasteiger partial charge in [0.05, 0.1) is 5.69 Å². The maximum atomic E-state index is 7.40. The van der Waals surface area contributed by atoms with Crippen LogP contribution in [0, 0.1) is 17.7 Å². The Morgan fingerprint density at radius 2 is 1.88 bits per heavy atom. The summed E-state index contributed by atoms with van der Waals surface area (Å²) < 4.78 is 0. The van der Waals surface area contributed by atoms with Gasteiger partial charge in [-0.15, -0.1) is 10.2 Å². The Morgan fingerprint density at radius 3 is 2.53 bits per heavy atom. The molecule has 0 aliphatic carbocycles. The van der Waals surface area contributed by atoms with Crippen LogP contribution >= 0.6 is 11.6 Å². The minimum absolute atomic E-state index is 0.115. The van der Waals surface area contributed by atoms with Crippen LogP contribution in [0.15, 0.2) is 23.3 Å². The molecule has 0 spiro atoms. The maximum Gasteiger partial charge on any atom is 0.198 e. The van der Waals surface area contributed by atoms with Crippen molar-refractivity contribution in [3.8, 4) is 0 Å². The lowest BCUT2D eigenvalue weighted by Gasteiger charge is -2.04. The van der Waals surface area contributed by atoms with Crippen molar-refractivity contribution in [1.29, 1.82) is 10.8 Å². The SMILES string of the molecule is Cc1c(Cl)cccc1NN=c1c(=N)nnc1=N. The first-order chi connectivity index (χ1) is 8.09. The van der Waals surface area contributed by atoms with Crippen LogP contribution in [0.4, 0.5) is 5.69 Å². The molecule has 86 valence electrons. The molecule has 1 heterocycles. The number of halogens is 1. The van der Waals surface area contributed by atoms with E-state index in [2.05, 4.69) is 20.7 Å². The van der Waals surface area contributed by atoms with Gasteiger partial charge < -0.3 is 0 Å². The molecular formula is C10H9ClN6. The molecule has 0 unspecified atom stereocenters. The first-order valence-corrected chi connectivity index (χ1v) is 5.16. The lowest BCUT2D eigenvalue weighted by Crippen LogP contribution is -2.34. The average molecular weight is 249 g/mol. The molecule has 2 aromatic rings. The molecule has 0 saturated carbocycles. The van der Waals surface area contributed by atoms with Gasteiger partial charge in [-0.2, -0.15) is 5.10 Å². The second-order valence-electron chi connectivity index (χ2n) is 3.38. The number of hydrogen-bond acceptors (Lipinski definition) is 6. The van der Waals surface area contributed by atoms with Crippen molar-refractivity contribution < 1.29 is 0 Å². The van der Waals surface area contributed by atoms with Crippen molar-refractivity contribution >= 4 is 17.3 Å². The molecule has 0 aliphatic heterocycles. The van der Waals surface area contributed by atoms with Crippen molar-refractivity contribution in [1.82, 2.24) is 10.2 Å². The van der Waals surface area contributed by atoms with E-state index in [4.69, 9.17) is 22.4 Å². The van der Waals surface area contributed by atoms with E-state index in [0.29, 0.717) is 5.02 Å². The first-order valence-electron chi connectivity index (χ1n) is 4.78. The molecule has 0 fully saturated rings. The third kappa shape index (κ3) is 2.21. The van der Waals surface area contributed by atoms with Crippen LogP contribution < -0.4 is 21.8 Å². The van der Waals surface area contributed by atoms with Crippen LogP contribution in [0.5, 0.6) is 0 Å². The van der Waals surface area contributed by atoms with E-state index >= 15 is 0 Å². The fourth-order valence-electron chi connectivity index (χ4n) is 1.26. The first kappa shape index (κ1) is 11.4. The lowest BCUT2D eigenvalue weighted by molar-refractivity contribution is 0.957. The van der Waals surface area contributed by atoms with Crippen LogP contribution in [0.3, 0.4) is 0 Å². The van der Waals surface area contributed by atoms with E-state index in [9.17, 15) is 0 Å². The predicted octanol–water partition coefficient (Wildman–Crippen LogP) is 0.201. The van der Waals surface area contributed by atoms with Crippen LogP contribution in [-0.2, 0) is 0 Å². The molecular weight excluding hydrogens is 240 g/mol. The highest BCUT2D eigenvalue weighted by molar-refractivity contribution is 6.31. The smallest absolute Gasteiger partial charge is 0.198 e. The molecule has 0 aliphatic rings. The Balaban J connectivity index is 2.42. The van der Waals surface area contributed by atoms with E-state index < -0.39 is 0 Å². The van der Waals surface area contributed by atoms with Gasteiger partial charge in [-0.3, -0.25) is 16.2 Å². The maximum absolute atomic E-state index is 7.40. The lowest BCUT2D eigenvalue weighted by atomic mass is 10.2. The van der Waals surface area contributed by atoms with E-state index in [0.717, 1.165) is 11.3 Å². The zero-order valence-corrected chi connectivity index (χ0v) is 9.71. The van der Waals surface area contributed by atoms with Gasteiger partial charge in [0, 0.05) is 5.02 Å². The summed E-state index contributed by atoms with van der Waals surface area (Å²) in [6.45, 7) is 1.85. The highest BCUT2D eigenvalue weighted by atomic mass is 35.5. The summed E-state index contributed by atoms with van der Waals surface area (Å²) in [5.74, 6) is 0. The average Bonchev–Trinajstić information content (AvgIpc) is 2.62. The highest BCUT2D eigenvalue weighted by Gasteiger charge is 2.01. The van der Waals surface area contributed by atoms with Crippen LogP contribution in [0.25, 0.3) is 0 Å². The molecule has 2 rings (SSSR count). The number of aromatic nitrogens is 2. The molecule has 17 heavy (non-hydrogen) atoms. The Labute approximate surface area is 101 Å². The summed E-state index contributed by atoms with van der Waals surface area (Å²) in [6.07, 6.45) is 0. The van der Waals surface area contributed by atoms with Gasteiger partial charge in [0.2, 0.25) is 0 Å². The quantitative estimate of drug-likeness (QED) is 0.662. The number of anilines is 1. The molecule has 1 aromatic carbocycles. The third-order valence-corrected chi connectivity index (χ3v) is 2.66. The molecule has 6 nitrogen and oxygen atoms in total. The normalized spacial score (nSPS) is 10.2. The number of nitrogens with one attached hydrogen (secondary N) is 3. The summed E-state index contributed by atoms with van der Waals surface area (Å²) in [5.41, 5.74) is 4.08. The van der Waals surface area contributed by atoms with Crippen molar-refractivity contribution in [3.05, 3.63) is 45.1 Å². The van der Waals surface area contributed by atoms with E-state index in [1.807, 2.05) is 13.0 Å². The number of benzene rings is 1.